The van der Waals surface area contributed by atoms with E-state index in [1.807, 2.05) is 0 Å². The molecule has 0 unspecified atom stereocenters. The molecule has 8 heteroatoms. The first-order valence-electron chi connectivity index (χ1n) is 2.13. The zero-order valence-electron chi connectivity index (χ0n) is 5.57. The Kier molecular flexibility index (Phi) is 10.4. The molecule has 0 bridgehead atoms. The summed E-state index contributed by atoms with van der Waals surface area (Å²) in [5.74, 6) is -4.09. The van der Waals surface area contributed by atoms with Gasteiger partial charge in [-0.2, -0.15) is 13.2 Å². The molecule has 0 saturated carbocycles. The van der Waals surface area contributed by atoms with Gasteiger partial charge in [-0.05, 0) is 6.92 Å². The van der Waals surface area contributed by atoms with E-state index < -0.39 is 18.1 Å². The van der Waals surface area contributed by atoms with Gasteiger partial charge in [-0.1, -0.05) is 0 Å². The van der Waals surface area contributed by atoms with Gasteiger partial charge in [0.05, 0.1) is 0 Å². The monoisotopic (exact) mass is 279 g/mol. The van der Waals surface area contributed by atoms with Crippen LogP contribution in [0.3, 0.4) is 0 Å². The van der Waals surface area contributed by atoms with E-state index in [1.165, 1.54) is 0 Å². The van der Waals surface area contributed by atoms with Gasteiger partial charge in [0.15, 0.2) is 0 Å². The maximum atomic E-state index is 10.5. The van der Waals surface area contributed by atoms with Crippen LogP contribution in [0.1, 0.15) is 6.92 Å². The van der Waals surface area contributed by atoms with E-state index in [2.05, 4.69) is 0 Å². The number of carbonyl (C=O) groups is 2. The predicted octanol–water partition coefficient (Wildman–Crippen LogP) is -1.95. The Hall–Kier alpha value is -0.530. The van der Waals surface area contributed by atoms with Crippen molar-refractivity contribution in [1.82, 2.24) is 0 Å². The van der Waals surface area contributed by atoms with Crippen molar-refractivity contribution in [2.45, 2.75) is 13.1 Å². The quantitative estimate of drug-likeness (QED) is 0.483. The number of hydrogen-bond acceptors (Lipinski definition) is 4. The van der Waals surface area contributed by atoms with Crippen molar-refractivity contribution in [1.29, 1.82) is 0 Å². The molecule has 0 amide bonds. The summed E-state index contributed by atoms with van der Waals surface area (Å²) in [6.45, 7) is 0.972. The van der Waals surface area contributed by atoms with Gasteiger partial charge in [-0.3, -0.25) is 0 Å². The van der Waals surface area contributed by atoms with Crippen LogP contribution < -0.4 is 10.2 Å². The van der Waals surface area contributed by atoms with Crippen LogP contribution in [-0.4, -0.2) is 18.1 Å². The molecule has 12 heavy (non-hydrogen) atoms. The maximum absolute atomic E-state index is 10.5. The molecule has 0 rings (SSSR count). The van der Waals surface area contributed by atoms with Crippen LogP contribution in [0, 0.1) is 0 Å². The SMILES string of the molecule is CC(=O)[O-].O=C([O-])C(F)(F)F.[Ag+2]. The summed E-state index contributed by atoms with van der Waals surface area (Å²) in [6, 6.07) is 0. The molecular formula is C4H3AgF3O4. The minimum absolute atomic E-state index is 0. The van der Waals surface area contributed by atoms with Crippen LogP contribution in [0.25, 0.3) is 0 Å². The number of carboxylic acid groups (broad SMARTS) is 2. The van der Waals surface area contributed by atoms with Gasteiger partial charge in [0.25, 0.3) is 0 Å². The second-order valence-corrected chi connectivity index (χ2v) is 1.28. The molecule has 0 saturated heterocycles. The molecule has 4 nitrogen and oxygen atoms in total. The molecule has 0 spiro atoms. The number of alkyl halides is 3. The van der Waals surface area contributed by atoms with Gasteiger partial charge >= 0.3 is 28.6 Å². The molecule has 0 atom stereocenters. The summed E-state index contributed by atoms with van der Waals surface area (Å²) < 4.78 is 31.5. The number of rotatable bonds is 0. The van der Waals surface area contributed by atoms with Gasteiger partial charge in [-0.25, -0.2) is 0 Å². The summed E-state index contributed by atoms with van der Waals surface area (Å²) in [5, 5.41) is 17.7. The van der Waals surface area contributed by atoms with Crippen LogP contribution >= 0.6 is 0 Å². The van der Waals surface area contributed by atoms with Crippen molar-refractivity contribution in [2.24, 2.45) is 0 Å². The fourth-order valence-electron chi connectivity index (χ4n) is 0. The van der Waals surface area contributed by atoms with Crippen molar-refractivity contribution in [3.63, 3.8) is 0 Å². The van der Waals surface area contributed by atoms with E-state index in [0.29, 0.717) is 0 Å². The van der Waals surface area contributed by atoms with Gasteiger partial charge in [0.1, 0.15) is 5.97 Å². The summed E-state index contributed by atoms with van der Waals surface area (Å²) in [5.41, 5.74) is 0. The molecular weight excluding hydrogens is 277 g/mol. The van der Waals surface area contributed by atoms with Crippen molar-refractivity contribution in [3.8, 4) is 0 Å². The van der Waals surface area contributed by atoms with E-state index in [9.17, 15) is 13.2 Å². The number of halogens is 3. The minimum Gasteiger partial charge on any atom is -0.550 e. The van der Waals surface area contributed by atoms with Gasteiger partial charge in [0, 0.05) is 5.97 Å². The van der Waals surface area contributed by atoms with E-state index in [4.69, 9.17) is 19.8 Å². The molecule has 0 heterocycles. The Morgan fingerprint density at radius 3 is 1.25 bits per heavy atom. The fourth-order valence-corrected chi connectivity index (χ4v) is 0. The van der Waals surface area contributed by atoms with Gasteiger partial charge in [0.2, 0.25) is 0 Å². The summed E-state index contributed by atoms with van der Waals surface area (Å²) in [4.78, 5) is 17.7. The van der Waals surface area contributed by atoms with Crippen molar-refractivity contribution >= 4 is 11.9 Å². The van der Waals surface area contributed by atoms with Crippen molar-refractivity contribution in [2.75, 3.05) is 0 Å². The third-order valence-corrected chi connectivity index (χ3v) is 0.231. The number of carboxylic acids is 2. The summed E-state index contributed by atoms with van der Waals surface area (Å²) in [7, 11) is 0. The zero-order chi connectivity index (χ0) is 9.65. The van der Waals surface area contributed by atoms with Crippen molar-refractivity contribution < 1.29 is 55.4 Å². The van der Waals surface area contributed by atoms with E-state index in [-0.39, 0.29) is 22.4 Å². The molecule has 0 aromatic rings. The normalized spacial score (nSPS) is 8.67. The Morgan fingerprint density at radius 2 is 1.25 bits per heavy atom. The number of carbonyl (C=O) groups excluding carboxylic acids is 2. The van der Waals surface area contributed by atoms with Crippen LogP contribution in [0.15, 0.2) is 0 Å². The molecule has 0 aliphatic rings. The smallest absolute Gasteiger partial charge is 0.550 e. The second-order valence-electron chi connectivity index (χ2n) is 1.28. The second kappa shape index (κ2) is 7.14. The topological polar surface area (TPSA) is 80.3 Å². The Morgan fingerprint density at radius 1 is 1.17 bits per heavy atom. The van der Waals surface area contributed by atoms with Crippen LogP contribution in [0.2, 0.25) is 0 Å². The summed E-state index contributed by atoms with van der Waals surface area (Å²) in [6.07, 6.45) is -5.19. The van der Waals surface area contributed by atoms with Crippen LogP contribution in [-0.2, 0) is 32.0 Å². The zero-order valence-corrected chi connectivity index (χ0v) is 7.05. The molecule has 0 aliphatic carbocycles. The molecule has 0 aromatic heterocycles. The van der Waals surface area contributed by atoms with Gasteiger partial charge < -0.3 is 19.8 Å². The van der Waals surface area contributed by atoms with E-state index in [1.54, 1.807) is 0 Å². The Balaban J connectivity index is -0.000000142. The molecule has 0 aliphatic heterocycles. The standard InChI is InChI=1S/C2HF3O2.C2H4O2.Ag/c3-2(4,5)1(6)7;1-2(3)4;/h(H,6,7);1H3,(H,3,4);/q;;+2/p-2. The van der Waals surface area contributed by atoms with E-state index in [0.717, 1.165) is 6.92 Å². The molecule has 0 aromatic carbocycles. The van der Waals surface area contributed by atoms with Crippen LogP contribution in [0.5, 0.6) is 0 Å². The first-order valence-corrected chi connectivity index (χ1v) is 2.13. The Labute approximate surface area is 80.9 Å². The third-order valence-electron chi connectivity index (χ3n) is 0.231. The van der Waals surface area contributed by atoms with Gasteiger partial charge in [-0.15, -0.1) is 0 Å². The molecule has 0 N–H and O–H groups in total. The average molecular weight is 280 g/mol. The third kappa shape index (κ3) is 22.7. The van der Waals surface area contributed by atoms with E-state index >= 15 is 0 Å². The number of aliphatic carboxylic acids is 2. The summed E-state index contributed by atoms with van der Waals surface area (Å²) >= 11 is 0. The predicted molar refractivity (Wildman–Crippen MR) is 21.7 cm³/mol. The fraction of sp³-hybridized carbons (Fsp3) is 0.500. The van der Waals surface area contributed by atoms with Crippen molar-refractivity contribution in [3.05, 3.63) is 0 Å². The maximum Gasteiger partial charge on any atom is 2.00 e. The first-order chi connectivity index (χ1) is 4.68. The number of hydrogen-bond donors (Lipinski definition) is 0. The molecule has 1 radical (unpaired) electrons. The van der Waals surface area contributed by atoms with Crippen LogP contribution in [0.4, 0.5) is 13.2 Å². The Bertz CT molecular complexity index is 151. The average Bonchev–Trinajstić information content (AvgIpc) is 1.59. The minimum atomic E-state index is -5.19. The molecule has 75 valence electrons. The largest absolute Gasteiger partial charge is 2.00 e. The molecule has 0 fully saturated rings. The first kappa shape index (κ1) is 17.5.